The second-order valence-electron chi connectivity index (χ2n) is 6.09. The molecule has 0 unspecified atom stereocenters. The molecule has 1 aromatic carbocycles. The maximum absolute atomic E-state index is 12.8. The van der Waals surface area contributed by atoms with Crippen molar-refractivity contribution in [3.05, 3.63) is 29.8 Å². The summed E-state index contributed by atoms with van der Waals surface area (Å²) >= 11 is 0. The van der Waals surface area contributed by atoms with Crippen molar-refractivity contribution in [2.24, 2.45) is 5.92 Å². The quantitative estimate of drug-likeness (QED) is 0.852. The van der Waals surface area contributed by atoms with Gasteiger partial charge in [-0.2, -0.15) is 0 Å². The molecule has 0 aliphatic heterocycles. The second-order valence-corrected chi connectivity index (χ2v) is 6.09. The number of hydrogen-bond acceptors (Lipinski definition) is 2. The summed E-state index contributed by atoms with van der Waals surface area (Å²) in [6.45, 7) is 3.45. The normalized spacial score (nSPS) is 17.0. The van der Waals surface area contributed by atoms with Crippen molar-refractivity contribution in [2.45, 2.75) is 58.4 Å². The maximum Gasteiger partial charge on any atom is 0.225 e. The third-order valence-electron chi connectivity index (χ3n) is 4.56. The fraction of sp³-hybridized carbons (Fsp3) is 0.611. The molecule has 0 saturated heterocycles. The van der Waals surface area contributed by atoms with E-state index in [9.17, 15) is 4.79 Å². The Kier molecular flexibility index (Phi) is 6.09. The summed E-state index contributed by atoms with van der Waals surface area (Å²) < 4.78 is 0. The molecule has 0 atom stereocenters. The van der Waals surface area contributed by atoms with E-state index in [0.717, 1.165) is 30.6 Å². The summed E-state index contributed by atoms with van der Waals surface area (Å²) in [7, 11) is 0. The number of carbonyl (C=O) groups excluding carboxylic acids is 1. The SMILES string of the molecule is CCN(Cc1ccccc1N)C(=O)C1CCCCCCC1. The van der Waals surface area contributed by atoms with Crippen LogP contribution in [0.3, 0.4) is 0 Å². The average molecular weight is 288 g/mol. The maximum atomic E-state index is 12.8. The lowest BCUT2D eigenvalue weighted by atomic mass is 9.90. The molecule has 3 nitrogen and oxygen atoms in total. The summed E-state index contributed by atoms with van der Waals surface area (Å²) in [5.74, 6) is 0.540. The highest BCUT2D eigenvalue weighted by Crippen LogP contribution is 2.25. The predicted molar refractivity (Wildman–Crippen MR) is 87.8 cm³/mol. The van der Waals surface area contributed by atoms with E-state index in [-0.39, 0.29) is 5.92 Å². The molecule has 3 heteroatoms. The van der Waals surface area contributed by atoms with Crippen molar-refractivity contribution in [1.82, 2.24) is 4.90 Å². The molecule has 0 aromatic heterocycles. The Morgan fingerprint density at radius 1 is 1.14 bits per heavy atom. The van der Waals surface area contributed by atoms with Gasteiger partial charge in [0.25, 0.3) is 0 Å². The average Bonchev–Trinajstić information content (AvgIpc) is 2.45. The molecule has 2 rings (SSSR count). The van der Waals surface area contributed by atoms with E-state index in [1.807, 2.05) is 29.2 Å². The van der Waals surface area contributed by atoms with Gasteiger partial charge >= 0.3 is 0 Å². The van der Waals surface area contributed by atoms with Gasteiger partial charge in [-0.05, 0) is 31.4 Å². The van der Waals surface area contributed by atoms with Gasteiger partial charge in [-0.1, -0.05) is 50.3 Å². The standard InChI is InChI=1S/C18H28N2O/c1-2-20(14-16-12-8-9-13-17(16)19)18(21)15-10-6-4-3-5-7-11-15/h8-9,12-13,15H,2-7,10-11,14,19H2,1H3. The van der Waals surface area contributed by atoms with Crippen LogP contribution in [0.2, 0.25) is 0 Å². The van der Waals surface area contributed by atoms with Crippen LogP contribution < -0.4 is 5.73 Å². The molecule has 0 radical (unpaired) electrons. The first-order valence-electron chi connectivity index (χ1n) is 8.34. The lowest BCUT2D eigenvalue weighted by molar-refractivity contribution is -0.136. The van der Waals surface area contributed by atoms with Crippen LogP contribution >= 0.6 is 0 Å². The number of anilines is 1. The zero-order chi connectivity index (χ0) is 15.1. The van der Waals surface area contributed by atoms with Crippen molar-refractivity contribution >= 4 is 11.6 Å². The molecule has 2 N–H and O–H groups in total. The van der Waals surface area contributed by atoms with Gasteiger partial charge in [0.2, 0.25) is 5.91 Å². The van der Waals surface area contributed by atoms with Crippen LogP contribution in [0, 0.1) is 5.92 Å². The fourth-order valence-electron chi connectivity index (χ4n) is 3.19. The minimum absolute atomic E-state index is 0.218. The Balaban J connectivity index is 2.01. The zero-order valence-electron chi connectivity index (χ0n) is 13.2. The van der Waals surface area contributed by atoms with Gasteiger partial charge in [-0.25, -0.2) is 0 Å². The van der Waals surface area contributed by atoms with Crippen LogP contribution in [-0.2, 0) is 11.3 Å². The number of nitrogen functional groups attached to an aromatic ring is 1. The minimum Gasteiger partial charge on any atom is -0.398 e. The highest BCUT2D eigenvalue weighted by Gasteiger charge is 2.24. The molecule has 0 heterocycles. The number of rotatable bonds is 4. The van der Waals surface area contributed by atoms with Crippen LogP contribution in [0.5, 0.6) is 0 Å². The predicted octanol–water partition coefficient (Wildman–Crippen LogP) is 3.98. The van der Waals surface area contributed by atoms with Gasteiger partial charge in [-0.15, -0.1) is 0 Å². The molecular formula is C18H28N2O. The van der Waals surface area contributed by atoms with Crippen LogP contribution in [0.15, 0.2) is 24.3 Å². The Labute approximate surface area is 128 Å². The number of carbonyl (C=O) groups is 1. The number of benzene rings is 1. The smallest absolute Gasteiger partial charge is 0.225 e. The van der Waals surface area contributed by atoms with Crippen molar-refractivity contribution in [3.8, 4) is 0 Å². The number of amides is 1. The summed E-state index contributed by atoms with van der Waals surface area (Å²) in [6.07, 6.45) is 8.39. The van der Waals surface area contributed by atoms with Gasteiger partial charge in [-0.3, -0.25) is 4.79 Å². The molecule has 1 aromatic rings. The Morgan fingerprint density at radius 3 is 2.38 bits per heavy atom. The van der Waals surface area contributed by atoms with Crippen molar-refractivity contribution in [2.75, 3.05) is 12.3 Å². The third kappa shape index (κ3) is 4.48. The Hall–Kier alpha value is -1.51. The van der Waals surface area contributed by atoms with Gasteiger partial charge in [0.15, 0.2) is 0 Å². The van der Waals surface area contributed by atoms with Gasteiger partial charge < -0.3 is 10.6 Å². The van der Waals surface area contributed by atoms with Gasteiger partial charge in [0.05, 0.1) is 0 Å². The lowest BCUT2D eigenvalue weighted by Crippen LogP contribution is -2.36. The van der Waals surface area contributed by atoms with Crippen LogP contribution in [0.4, 0.5) is 5.69 Å². The zero-order valence-corrected chi connectivity index (χ0v) is 13.2. The molecule has 1 aliphatic rings. The first kappa shape index (κ1) is 15.9. The first-order chi connectivity index (χ1) is 10.2. The second kappa shape index (κ2) is 8.06. The summed E-state index contributed by atoms with van der Waals surface area (Å²) in [5.41, 5.74) is 7.84. The summed E-state index contributed by atoms with van der Waals surface area (Å²) in [5, 5.41) is 0. The van der Waals surface area contributed by atoms with E-state index in [1.54, 1.807) is 0 Å². The van der Waals surface area contributed by atoms with Crippen molar-refractivity contribution in [1.29, 1.82) is 0 Å². The van der Waals surface area contributed by atoms with E-state index in [1.165, 1.54) is 32.1 Å². The van der Waals surface area contributed by atoms with E-state index in [2.05, 4.69) is 6.92 Å². The molecule has 1 saturated carbocycles. The first-order valence-corrected chi connectivity index (χ1v) is 8.34. The molecule has 1 fully saturated rings. The van der Waals surface area contributed by atoms with Crippen LogP contribution in [0.25, 0.3) is 0 Å². The van der Waals surface area contributed by atoms with Crippen molar-refractivity contribution < 1.29 is 4.79 Å². The lowest BCUT2D eigenvalue weighted by Gasteiger charge is -2.28. The van der Waals surface area contributed by atoms with Crippen LogP contribution in [0.1, 0.15) is 57.4 Å². The van der Waals surface area contributed by atoms with Crippen LogP contribution in [-0.4, -0.2) is 17.4 Å². The fourth-order valence-corrected chi connectivity index (χ4v) is 3.19. The Bertz CT molecular complexity index is 450. The van der Waals surface area contributed by atoms with E-state index in [0.29, 0.717) is 12.5 Å². The molecule has 21 heavy (non-hydrogen) atoms. The largest absolute Gasteiger partial charge is 0.398 e. The molecule has 1 aliphatic carbocycles. The van der Waals surface area contributed by atoms with E-state index in [4.69, 9.17) is 5.73 Å². The highest BCUT2D eigenvalue weighted by atomic mass is 16.2. The number of para-hydroxylation sites is 1. The topological polar surface area (TPSA) is 46.3 Å². The molecule has 116 valence electrons. The molecule has 1 amide bonds. The number of nitrogens with two attached hydrogens (primary N) is 1. The van der Waals surface area contributed by atoms with Crippen molar-refractivity contribution in [3.63, 3.8) is 0 Å². The van der Waals surface area contributed by atoms with Gasteiger partial charge in [0.1, 0.15) is 0 Å². The molecule has 0 spiro atoms. The van der Waals surface area contributed by atoms with Gasteiger partial charge in [0, 0.05) is 24.7 Å². The minimum atomic E-state index is 0.218. The number of nitrogens with zero attached hydrogens (tertiary/aromatic N) is 1. The van der Waals surface area contributed by atoms with E-state index < -0.39 is 0 Å². The summed E-state index contributed by atoms with van der Waals surface area (Å²) in [6, 6.07) is 7.85. The monoisotopic (exact) mass is 288 g/mol. The summed E-state index contributed by atoms with van der Waals surface area (Å²) in [4.78, 5) is 14.8. The number of hydrogen-bond donors (Lipinski definition) is 1. The third-order valence-corrected chi connectivity index (χ3v) is 4.56. The Morgan fingerprint density at radius 2 is 1.76 bits per heavy atom. The molecule has 0 bridgehead atoms. The highest BCUT2D eigenvalue weighted by molar-refractivity contribution is 5.79. The molecular weight excluding hydrogens is 260 g/mol. The van der Waals surface area contributed by atoms with E-state index >= 15 is 0 Å².